The molecule has 7 nitrogen and oxygen atoms in total. The molecule has 0 radical (unpaired) electrons. The molecule has 0 aromatic heterocycles. The van der Waals surface area contributed by atoms with E-state index in [1.54, 1.807) is 29.2 Å². The number of cyclic esters (lactones) is 1. The first kappa shape index (κ1) is 28.2. The lowest BCUT2D eigenvalue weighted by molar-refractivity contribution is -0.126. The molecule has 9 heteroatoms. The molecular formula is C27H34Cl2N2O5. The predicted octanol–water partition coefficient (Wildman–Crippen LogP) is 5.47. The average Bonchev–Trinajstić information content (AvgIpc) is 3.05. The lowest BCUT2D eigenvalue weighted by Gasteiger charge is -2.19. The van der Waals surface area contributed by atoms with Gasteiger partial charge in [0.25, 0.3) is 0 Å². The number of ether oxygens (including phenoxy) is 1. The van der Waals surface area contributed by atoms with E-state index in [1.165, 1.54) is 6.08 Å². The first-order valence-corrected chi connectivity index (χ1v) is 13.5. The van der Waals surface area contributed by atoms with E-state index in [9.17, 15) is 19.2 Å². The maximum absolute atomic E-state index is 12.8. The Morgan fingerprint density at radius 3 is 2.72 bits per heavy atom. The van der Waals surface area contributed by atoms with Crippen molar-refractivity contribution in [3.05, 3.63) is 39.9 Å². The summed E-state index contributed by atoms with van der Waals surface area (Å²) in [6.07, 6.45) is 8.48. The Hall–Kier alpha value is -2.38. The quantitative estimate of drug-likeness (QED) is 0.466. The number of hydrogen-bond donors (Lipinski definition) is 1. The third-order valence-corrected chi connectivity index (χ3v) is 7.62. The highest BCUT2D eigenvalue weighted by Gasteiger charge is 2.26. The van der Waals surface area contributed by atoms with Crippen molar-refractivity contribution in [3.8, 4) is 0 Å². The van der Waals surface area contributed by atoms with E-state index in [0.717, 1.165) is 24.8 Å². The molecule has 2 aliphatic heterocycles. The minimum Gasteiger partial charge on any atom is -0.450 e. The number of hydrogen-bond acceptors (Lipinski definition) is 5. The van der Waals surface area contributed by atoms with Crippen LogP contribution in [0.3, 0.4) is 0 Å². The van der Waals surface area contributed by atoms with Gasteiger partial charge in [0, 0.05) is 50.4 Å². The molecule has 2 amide bonds. The number of carbonyl (C=O) groups excluding carboxylic acids is 4. The lowest BCUT2D eigenvalue weighted by Crippen LogP contribution is -2.30. The number of nitrogens with one attached hydrogen (secondary N) is 1. The second kappa shape index (κ2) is 14.4. The average molecular weight is 537 g/mol. The summed E-state index contributed by atoms with van der Waals surface area (Å²) in [5.74, 6) is -0.0345. The van der Waals surface area contributed by atoms with Crippen LogP contribution >= 0.6 is 23.2 Å². The van der Waals surface area contributed by atoms with Crippen molar-refractivity contribution < 1.29 is 23.9 Å². The van der Waals surface area contributed by atoms with E-state index >= 15 is 0 Å². The summed E-state index contributed by atoms with van der Waals surface area (Å²) >= 11 is 12.0. The highest BCUT2D eigenvalue weighted by molar-refractivity contribution is 6.42. The van der Waals surface area contributed by atoms with Gasteiger partial charge in [0.1, 0.15) is 11.6 Å². The van der Waals surface area contributed by atoms with Crippen molar-refractivity contribution in [2.75, 3.05) is 26.2 Å². The van der Waals surface area contributed by atoms with E-state index < -0.39 is 6.09 Å². The number of benzene rings is 1. The molecule has 1 aromatic carbocycles. The Balaban J connectivity index is 1.44. The number of Topliss-reactive ketones (excluding diaryl/α,β-unsaturated/α-hetero) is 2. The first-order chi connectivity index (χ1) is 17.3. The Bertz CT molecular complexity index is 981. The van der Waals surface area contributed by atoms with E-state index in [2.05, 4.69) is 5.32 Å². The summed E-state index contributed by atoms with van der Waals surface area (Å²) < 4.78 is 5.11. The highest BCUT2D eigenvalue weighted by atomic mass is 35.5. The number of likely N-dealkylation sites (tertiary alicyclic amines) is 1. The molecule has 3 rings (SSSR count). The number of amides is 2. The number of nitrogens with zero attached hydrogens (tertiary/aromatic N) is 1. The zero-order valence-electron chi connectivity index (χ0n) is 20.5. The summed E-state index contributed by atoms with van der Waals surface area (Å²) in [6.45, 7) is 1.71. The van der Waals surface area contributed by atoms with Crippen molar-refractivity contribution in [1.82, 2.24) is 10.2 Å². The number of ketones is 2. The van der Waals surface area contributed by atoms with E-state index in [4.69, 9.17) is 27.9 Å². The zero-order valence-corrected chi connectivity index (χ0v) is 22.0. The third kappa shape index (κ3) is 8.93. The maximum Gasteiger partial charge on any atom is 0.407 e. The standard InChI is InChI=1S/C27H34Cl2N2O5/c28-22-9-7-19(18-23(22)29)8-10-26(34)31-15-11-20(25(33)12-16-31)5-3-6-24(32)21-4-1-2-14-30-27(35)36-17-13-21/h7-10,18,20-21H,1-6,11-17H2,(H,30,35)/b10-8+. The van der Waals surface area contributed by atoms with Crippen LogP contribution in [0.4, 0.5) is 4.79 Å². The zero-order chi connectivity index (χ0) is 25.9. The van der Waals surface area contributed by atoms with Crippen molar-refractivity contribution in [2.45, 2.75) is 57.8 Å². The Morgan fingerprint density at radius 2 is 1.92 bits per heavy atom. The van der Waals surface area contributed by atoms with Crippen LogP contribution in [0.25, 0.3) is 6.08 Å². The van der Waals surface area contributed by atoms with Gasteiger partial charge >= 0.3 is 6.09 Å². The van der Waals surface area contributed by atoms with Crippen LogP contribution in [-0.4, -0.2) is 54.7 Å². The molecule has 0 aliphatic carbocycles. The second-order valence-corrected chi connectivity index (χ2v) is 10.3. The van der Waals surface area contributed by atoms with Crippen LogP contribution in [0.5, 0.6) is 0 Å². The fourth-order valence-corrected chi connectivity index (χ4v) is 5.00. The van der Waals surface area contributed by atoms with Gasteiger partial charge in [-0.15, -0.1) is 0 Å². The molecular weight excluding hydrogens is 503 g/mol. The summed E-state index contributed by atoms with van der Waals surface area (Å²) in [5, 5.41) is 3.57. The molecule has 0 bridgehead atoms. The van der Waals surface area contributed by atoms with Gasteiger partial charge in [-0.3, -0.25) is 14.4 Å². The minimum absolute atomic E-state index is 0.101. The van der Waals surface area contributed by atoms with Gasteiger partial charge in [0.15, 0.2) is 0 Å². The molecule has 36 heavy (non-hydrogen) atoms. The number of carbonyl (C=O) groups is 4. The van der Waals surface area contributed by atoms with E-state index in [-0.39, 0.29) is 35.9 Å². The van der Waals surface area contributed by atoms with Crippen molar-refractivity contribution in [3.63, 3.8) is 0 Å². The largest absolute Gasteiger partial charge is 0.450 e. The summed E-state index contributed by atoms with van der Waals surface area (Å²) in [4.78, 5) is 51.3. The van der Waals surface area contributed by atoms with Crippen molar-refractivity contribution in [2.24, 2.45) is 11.8 Å². The molecule has 196 valence electrons. The normalized spacial score (nSPS) is 22.0. The molecule has 0 spiro atoms. The highest BCUT2D eigenvalue weighted by Crippen LogP contribution is 2.25. The summed E-state index contributed by atoms with van der Waals surface area (Å²) in [6, 6.07) is 5.16. The molecule has 2 aliphatic rings. The SMILES string of the molecule is O=C1NCCCCC(C(=O)CCCC2CCN(C(=O)/C=C/c3ccc(Cl)c(Cl)c3)CCC2=O)CCO1. The van der Waals surface area contributed by atoms with Crippen LogP contribution in [0.1, 0.15) is 63.4 Å². The Morgan fingerprint density at radius 1 is 1.08 bits per heavy atom. The molecule has 2 saturated heterocycles. The smallest absolute Gasteiger partial charge is 0.407 e. The minimum atomic E-state index is -0.424. The van der Waals surface area contributed by atoms with Gasteiger partial charge in [-0.25, -0.2) is 4.79 Å². The van der Waals surface area contributed by atoms with Gasteiger partial charge in [0.05, 0.1) is 16.7 Å². The number of alkyl carbamates (subject to hydrolysis) is 1. The molecule has 0 saturated carbocycles. The monoisotopic (exact) mass is 536 g/mol. The summed E-state index contributed by atoms with van der Waals surface area (Å²) in [5.41, 5.74) is 0.775. The second-order valence-electron chi connectivity index (χ2n) is 9.44. The van der Waals surface area contributed by atoms with Crippen molar-refractivity contribution >= 4 is 52.8 Å². The van der Waals surface area contributed by atoms with Crippen LogP contribution in [0, 0.1) is 11.8 Å². The Labute approximate surface area is 222 Å². The maximum atomic E-state index is 12.8. The Kier molecular flexibility index (Phi) is 11.3. The predicted molar refractivity (Wildman–Crippen MR) is 140 cm³/mol. The van der Waals surface area contributed by atoms with Gasteiger partial charge in [-0.2, -0.15) is 0 Å². The van der Waals surface area contributed by atoms with Crippen LogP contribution in [-0.2, 0) is 19.1 Å². The molecule has 1 N–H and O–H groups in total. The van der Waals surface area contributed by atoms with Gasteiger partial charge in [0.2, 0.25) is 5.91 Å². The van der Waals surface area contributed by atoms with E-state index in [0.29, 0.717) is 68.2 Å². The molecule has 2 heterocycles. The lowest BCUT2D eigenvalue weighted by atomic mass is 9.88. The van der Waals surface area contributed by atoms with Gasteiger partial charge < -0.3 is 15.0 Å². The first-order valence-electron chi connectivity index (χ1n) is 12.7. The van der Waals surface area contributed by atoms with Crippen LogP contribution < -0.4 is 5.32 Å². The van der Waals surface area contributed by atoms with E-state index in [1.807, 2.05) is 0 Å². The third-order valence-electron chi connectivity index (χ3n) is 6.88. The molecule has 2 atom stereocenters. The molecule has 2 fully saturated rings. The van der Waals surface area contributed by atoms with Crippen LogP contribution in [0.2, 0.25) is 10.0 Å². The number of rotatable bonds is 7. The summed E-state index contributed by atoms with van der Waals surface area (Å²) in [7, 11) is 0. The molecule has 2 unspecified atom stereocenters. The van der Waals surface area contributed by atoms with Crippen LogP contribution in [0.15, 0.2) is 24.3 Å². The topological polar surface area (TPSA) is 92.8 Å². The van der Waals surface area contributed by atoms with Gasteiger partial charge in [-0.1, -0.05) is 35.7 Å². The number of halogens is 2. The fraction of sp³-hybridized carbons (Fsp3) is 0.556. The molecule has 1 aromatic rings. The van der Waals surface area contributed by atoms with Crippen molar-refractivity contribution in [1.29, 1.82) is 0 Å². The van der Waals surface area contributed by atoms with Gasteiger partial charge in [-0.05, 0) is 62.3 Å². The fourth-order valence-electron chi connectivity index (χ4n) is 4.69.